The molecule has 0 aromatic heterocycles. The molecule has 3 rings (SSSR count). The molecule has 0 amide bonds. The summed E-state index contributed by atoms with van der Waals surface area (Å²) in [7, 11) is 4.02. The van der Waals surface area contributed by atoms with Crippen LogP contribution >= 0.6 is 0 Å². The van der Waals surface area contributed by atoms with Crippen molar-refractivity contribution in [1.29, 1.82) is 0 Å². The summed E-state index contributed by atoms with van der Waals surface area (Å²) in [4.78, 5) is 2.05. The average molecular weight is 357 g/mol. The first-order valence-corrected chi connectivity index (χ1v) is 8.79. The van der Waals surface area contributed by atoms with E-state index in [2.05, 4.69) is 27.4 Å². The van der Waals surface area contributed by atoms with E-state index in [1.807, 2.05) is 92.6 Å². The third-order valence-electron chi connectivity index (χ3n) is 4.13. The fourth-order valence-electron chi connectivity index (χ4n) is 2.47. The molecule has 27 heavy (non-hydrogen) atoms. The average Bonchev–Trinajstić information content (AvgIpc) is 2.67. The summed E-state index contributed by atoms with van der Waals surface area (Å²) in [5.74, 6) is 0. The van der Waals surface area contributed by atoms with Crippen LogP contribution in [0.15, 0.2) is 87.2 Å². The molecule has 0 spiro atoms. The first-order chi connectivity index (χ1) is 13.0. The van der Waals surface area contributed by atoms with Gasteiger partial charge in [0.2, 0.25) is 0 Å². The minimum atomic E-state index is 0.790. The number of rotatable bonds is 5. The van der Waals surface area contributed by atoms with E-state index in [0.717, 1.165) is 34.0 Å². The van der Waals surface area contributed by atoms with Crippen molar-refractivity contribution in [3.05, 3.63) is 77.9 Å². The molecule has 0 aliphatic carbocycles. The first-order valence-electron chi connectivity index (χ1n) is 8.79. The molecule has 0 saturated carbocycles. The molecule has 0 unspecified atom stereocenters. The lowest BCUT2D eigenvalue weighted by molar-refractivity contribution is 1.13. The molecule has 0 bridgehead atoms. The second kappa shape index (κ2) is 8.36. The van der Waals surface area contributed by atoms with E-state index in [1.54, 1.807) is 0 Å². The summed E-state index contributed by atoms with van der Waals surface area (Å²) < 4.78 is 0. The summed E-state index contributed by atoms with van der Waals surface area (Å²) in [6.07, 6.45) is 0. The van der Waals surface area contributed by atoms with Crippen molar-refractivity contribution in [3.63, 3.8) is 0 Å². The van der Waals surface area contributed by atoms with E-state index < -0.39 is 0 Å². The summed E-state index contributed by atoms with van der Waals surface area (Å²) in [6.45, 7) is 4.04. The Balaban J connectivity index is 1.71. The van der Waals surface area contributed by atoms with Crippen LogP contribution in [-0.2, 0) is 0 Å². The Morgan fingerprint density at radius 1 is 0.593 bits per heavy atom. The van der Waals surface area contributed by atoms with Gasteiger partial charge in [0, 0.05) is 19.8 Å². The zero-order chi connectivity index (χ0) is 19.2. The highest BCUT2D eigenvalue weighted by molar-refractivity contribution is 5.55. The quantitative estimate of drug-likeness (QED) is 0.445. The second-order valence-corrected chi connectivity index (χ2v) is 6.62. The SMILES string of the molecule is Cc1ccc(N=Nc2ccc(N=Nc3ccc(N(C)C)cc3)cc2C)cc1. The highest BCUT2D eigenvalue weighted by atomic mass is 15.1. The normalized spacial score (nSPS) is 11.4. The van der Waals surface area contributed by atoms with Gasteiger partial charge in [0.1, 0.15) is 0 Å². The number of anilines is 1. The standard InChI is InChI=1S/C22H23N5/c1-16-5-7-18(8-6-16)24-26-22-14-11-20(15-17(22)2)25-23-19-9-12-21(13-10-19)27(3)4/h5-15H,1-4H3. The van der Waals surface area contributed by atoms with Gasteiger partial charge in [0.05, 0.1) is 22.7 Å². The summed E-state index contributed by atoms with van der Waals surface area (Å²) in [5.41, 5.74) is 6.62. The summed E-state index contributed by atoms with van der Waals surface area (Å²) in [6, 6.07) is 21.7. The minimum Gasteiger partial charge on any atom is -0.378 e. The van der Waals surface area contributed by atoms with Crippen LogP contribution in [-0.4, -0.2) is 14.1 Å². The largest absolute Gasteiger partial charge is 0.378 e. The molecule has 0 radical (unpaired) electrons. The van der Waals surface area contributed by atoms with Crippen molar-refractivity contribution in [2.75, 3.05) is 19.0 Å². The maximum Gasteiger partial charge on any atom is 0.0887 e. The molecule has 0 atom stereocenters. The predicted octanol–water partition coefficient (Wildman–Crippen LogP) is 7.20. The molecule has 0 fully saturated rings. The minimum absolute atomic E-state index is 0.790. The van der Waals surface area contributed by atoms with Gasteiger partial charge < -0.3 is 4.90 Å². The summed E-state index contributed by atoms with van der Waals surface area (Å²) in [5, 5.41) is 17.3. The molecule has 3 aromatic carbocycles. The van der Waals surface area contributed by atoms with E-state index in [4.69, 9.17) is 0 Å². The molecule has 0 aliphatic heterocycles. The van der Waals surface area contributed by atoms with E-state index in [9.17, 15) is 0 Å². The number of hydrogen-bond acceptors (Lipinski definition) is 5. The van der Waals surface area contributed by atoms with Crippen molar-refractivity contribution in [2.45, 2.75) is 13.8 Å². The van der Waals surface area contributed by atoms with E-state index in [0.29, 0.717) is 0 Å². The van der Waals surface area contributed by atoms with Gasteiger partial charge in [-0.25, -0.2) is 0 Å². The molecule has 0 heterocycles. The molecule has 0 saturated heterocycles. The highest BCUT2D eigenvalue weighted by Crippen LogP contribution is 2.27. The number of hydrogen-bond donors (Lipinski definition) is 0. The van der Waals surface area contributed by atoms with E-state index in [-0.39, 0.29) is 0 Å². The van der Waals surface area contributed by atoms with Crippen LogP contribution in [0.4, 0.5) is 28.4 Å². The molecular weight excluding hydrogens is 334 g/mol. The lowest BCUT2D eigenvalue weighted by atomic mass is 10.2. The number of nitrogens with zero attached hydrogens (tertiary/aromatic N) is 5. The molecular formula is C22H23N5. The number of benzene rings is 3. The van der Waals surface area contributed by atoms with Gasteiger partial charge in [-0.15, -0.1) is 0 Å². The van der Waals surface area contributed by atoms with Crippen molar-refractivity contribution in [3.8, 4) is 0 Å². The van der Waals surface area contributed by atoms with Gasteiger partial charge >= 0.3 is 0 Å². The lowest BCUT2D eigenvalue weighted by Crippen LogP contribution is -2.07. The lowest BCUT2D eigenvalue weighted by Gasteiger charge is -2.11. The van der Waals surface area contributed by atoms with Gasteiger partial charge in [-0.2, -0.15) is 20.5 Å². The Bertz CT molecular complexity index is 955. The number of aryl methyl sites for hydroxylation is 2. The topological polar surface area (TPSA) is 52.7 Å². The smallest absolute Gasteiger partial charge is 0.0887 e. The Kier molecular flexibility index (Phi) is 5.71. The van der Waals surface area contributed by atoms with Gasteiger partial charge in [-0.3, -0.25) is 0 Å². The fourth-order valence-corrected chi connectivity index (χ4v) is 2.47. The Labute approximate surface area is 160 Å². The predicted molar refractivity (Wildman–Crippen MR) is 111 cm³/mol. The second-order valence-electron chi connectivity index (χ2n) is 6.62. The van der Waals surface area contributed by atoms with Crippen molar-refractivity contribution >= 4 is 28.4 Å². The van der Waals surface area contributed by atoms with Crippen molar-refractivity contribution in [2.24, 2.45) is 20.5 Å². The number of azo groups is 2. The van der Waals surface area contributed by atoms with Crippen LogP contribution in [0.3, 0.4) is 0 Å². The third-order valence-corrected chi connectivity index (χ3v) is 4.13. The maximum atomic E-state index is 4.34. The van der Waals surface area contributed by atoms with Crippen LogP contribution in [0, 0.1) is 13.8 Å². The van der Waals surface area contributed by atoms with Crippen LogP contribution in [0.25, 0.3) is 0 Å². The third kappa shape index (κ3) is 5.07. The van der Waals surface area contributed by atoms with Crippen LogP contribution in [0.1, 0.15) is 11.1 Å². The Morgan fingerprint density at radius 2 is 1.11 bits per heavy atom. The molecule has 136 valence electrons. The molecule has 5 nitrogen and oxygen atoms in total. The van der Waals surface area contributed by atoms with E-state index in [1.165, 1.54) is 5.56 Å². The van der Waals surface area contributed by atoms with E-state index >= 15 is 0 Å². The molecule has 3 aromatic rings. The first kappa shape index (κ1) is 18.5. The van der Waals surface area contributed by atoms with Gasteiger partial charge in [-0.1, -0.05) is 17.7 Å². The van der Waals surface area contributed by atoms with Gasteiger partial charge in [0.15, 0.2) is 0 Å². The van der Waals surface area contributed by atoms with Crippen molar-refractivity contribution < 1.29 is 0 Å². The summed E-state index contributed by atoms with van der Waals surface area (Å²) >= 11 is 0. The molecule has 5 heteroatoms. The van der Waals surface area contributed by atoms with Crippen LogP contribution in [0.2, 0.25) is 0 Å². The monoisotopic (exact) mass is 357 g/mol. The van der Waals surface area contributed by atoms with Gasteiger partial charge in [-0.05, 0) is 74.0 Å². The zero-order valence-corrected chi connectivity index (χ0v) is 16.1. The molecule has 0 N–H and O–H groups in total. The molecule has 0 aliphatic rings. The van der Waals surface area contributed by atoms with Gasteiger partial charge in [0.25, 0.3) is 0 Å². The Hall–Kier alpha value is -3.34. The van der Waals surface area contributed by atoms with Crippen LogP contribution in [0.5, 0.6) is 0 Å². The van der Waals surface area contributed by atoms with Crippen LogP contribution < -0.4 is 4.90 Å². The van der Waals surface area contributed by atoms with Crippen molar-refractivity contribution in [1.82, 2.24) is 0 Å². The fraction of sp³-hybridized carbons (Fsp3) is 0.182. The maximum absolute atomic E-state index is 4.34. The Morgan fingerprint density at radius 3 is 1.70 bits per heavy atom. The highest BCUT2D eigenvalue weighted by Gasteiger charge is 2.00. The zero-order valence-electron chi connectivity index (χ0n) is 16.1.